The molecule has 0 heterocycles. The number of rotatable bonds is 8. The van der Waals surface area contributed by atoms with Gasteiger partial charge in [-0.15, -0.1) is 0 Å². The quantitative estimate of drug-likeness (QED) is 0.362. The van der Waals surface area contributed by atoms with Crippen molar-refractivity contribution in [3.8, 4) is 0 Å². The molecule has 0 fully saturated rings. The van der Waals surface area contributed by atoms with E-state index in [-0.39, 0.29) is 22.8 Å². The van der Waals surface area contributed by atoms with Gasteiger partial charge in [0.15, 0.2) is 0 Å². The van der Waals surface area contributed by atoms with Crippen molar-refractivity contribution in [2.45, 2.75) is 57.0 Å². The predicted octanol–water partition coefficient (Wildman–Crippen LogP) is 6.42. The Labute approximate surface area is 216 Å². The summed E-state index contributed by atoms with van der Waals surface area (Å²) in [6.45, 7) is 7.25. The highest BCUT2D eigenvalue weighted by molar-refractivity contribution is 7.92. The molecule has 0 bridgehead atoms. The minimum Gasteiger partial charge on any atom is -0.351 e. The molecule has 0 aliphatic carbocycles. The Kier molecular flexibility index (Phi) is 8.41. The van der Waals surface area contributed by atoms with E-state index in [0.717, 1.165) is 28.1 Å². The van der Waals surface area contributed by atoms with E-state index in [2.05, 4.69) is 5.32 Å². The minimum absolute atomic E-state index is 0.121. The third-order valence-corrected chi connectivity index (χ3v) is 7.66. The summed E-state index contributed by atoms with van der Waals surface area (Å²) in [5, 5.41) is 3.24. The Balaban J connectivity index is 2.07. The van der Waals surface area contributed by atoms with Gasteiger partial charge in [-0.1, -0.05) is 35.9 Å². The van der Waals surface area contributed by atoms with E-state index in [9.17, 15) is 22.0 Å². The smallest absolute Gasteiger partial charge is 0.264 e. The van der Waals surface area contributed by atoms with Gasteiger partial charge in [0.2, 0.25) is 5.91 Å². The molecular formula is C27H29ClF2N2O3S. The SMILES string of the molecule is C[C@H](c1ccccc1CCC(=O)NC(C)(C)C)N(c1cc(F)ccc1F)S(=O)(=O)c1ccc(Cl)cc1. The number of carbonyl (C=O) groups is 1. The molecule has 5 nitrogen and oxygen atoms in total. The lowest BCUT2D eigenvalue weighted by Gasteiger charge is -2.32. The van der Waals surface area contributed by atoms with Crippen LogP contribution in [0.4, 0.5) is 14.5 Å². The van der Waals surface area contributed by atoms with E-state index in [4.69, 9.17) is 11.6 Å². The fourth-order valence-corrected chi connectivity index (χ4v) is 5.71. The molecule has 0 saturated carbocycles. The van der Waals surface area contributed by atoms with Gasteiger partial charge in [0.05, 0.1) is 16.6 Å². The number of nitrogens with one attached hydrogen (secondary N) is 1. The summed E-state index contributed by atoms with van der Waals surface area (Å²) in [5.41, 5.74) is 0.490. The highest BCUT2D eigenvalue weighted by atomic mass is 35.5. The molecule has 0 saturated heterocycles. The summed E-state index contributed by atoms with van der Waals surface area (Å²) in [6, 6.07) is 14.3. The zero-order valence-corrected chi connectivity index (χ0v) is 22.1. The molecule has 1 atom stereocenters. The highest BCUT2D eigenvalue weighted by Crippen LogP contribution is 2.37. The second kappa shape index (κ2) is 11.0. The molecule has 9 heteroatoms. The van der Waals surface area contributed by atoms with Gasteiger partial charge in [-0.2, -0.15) is 0 Å². The van der Waals surface area contributed by atoms with Crippen LogP contribution in [0.25, 0.3) is 0 Å². The van der Waals surface area contributed by atoms with Crippen LogP contribution in [-0.2, 0) is 21.2 Å². The van der Waals surface area contributed by atoms with Crippen molar-refractivity contribution in [1.82, 2.24) is 5.32 Å². The number of anilines is 1. The Morgan fingerprint density at radius 3 is 2.31 bits per heavy atom. The van der Waals surface area contributed by atoms with Crippen LogP contribution >= 0.6 is 11.6 Å². The monoisotopic (exact) mass is 534 g/mol. The van der Waals surface area contributed by atoms with Gasteiger partial charge in [0.1, 0.15) is 11.6 Å². The lowest BCUT2D eigenvalue weighted by atomic mass is 9.97. The van der Waals surface area contributed by atoms with Crippen LogP contribution in [0.1, 0.15) is 51.3 Å². The fourth-order valence-electron chi connectivity index (χ4n) is 3.95. The second-order valence-corrected chi connectivity index (χ2v) is 11.8. The molecule has 1 N–H and O–H groups in total. The fraction of sp³-hybridized carbons (Fsp3) is 0.296. The maximum Gasteiger partial charge on any atom is 0.264 e. The summed E-state index contributed by atoms with van der Waals surface area (Å²) in [4.78, 5) is 12.3. The molecular weight excluding hydrogens is 506 g/mol. The molecule has 192 valence electrons. The van der Waals surface area contributed by atoms with E-state index in [1.54, 1.807) is 31.2 Å². The first-order chi connectivity index (χ1) is 16.8. The summed E-state index contributed by atoms with van der Waals surface area (Å²) in [6.07, 6.45) is 0.516. The Morgan fingerprint density at radius 2 is 1.67 bits per heavy atom. The lowest BCUT2D eigenvalue weighted by Crippen LogP contribution is -2.40. The number of benzene rings is 3. The maximum absolute atomic E-state index is 15.0. The van der Waals surface area contributed by atoms with Crippen LogP contribution < -0.4 is 9.62 Å². The van der Waals surface area contributed by atoms with Crippen molar-refractivity contribution in [2.75, 3.05) is 4.31 Å². The van der Waals surface area contributed by atoms with Crippen molar-refractivity contribution in [2.24, 2.45) is 0 Å². The van der Waals surface area contributed by atoms with Crippen LogP contribution in [0.15, 0.2) is 71.6 Å². The first kappa shape index (κ1) is 27.6. The average molecular weight is 535 g/mol. The van der Waals surface area contributed by atoms with Crippen LogP contribution in [-0.4, -0.2) is 19.9 Å². The number of carbonyl (C=O) groups excluding carboxylic acids is 1. The molecule has 36 heavy (non-hydrogen) atoms. The first-order valence-corrected chi connectivity index (χ1v) is 13.3. The van der Waals surface area contributed by atoms with Gasteiger partial charge in [0, 0.05) is 23.0 Å². The van der Waals surface area contributed by atoms with Crippen molar-refractivity contribution in [3.05, 3.63) is 94.5 Å². The van der Waals surface area contributed by atoms with Crippen LogP contribution in [0.2, 0.25) is 5.02 Å². The van der Waals surface area contributed by atoms with E-state index in [1.165, 1.54) is 24.3 Å². The zero-order chi connectivity index (χ0) is 26.7. The van der Waals surface area contributed by atoms with Gasteiger partial charge in [-0.05, 0) is 81.6 Å². The number of aryl methyl sites for hydroxylation is 1. The van der Waals surface area contributed by atoms with E-state index in [0.29, 0.717) is 17.0 Å². The molecule has 3 aromatic carbocycles. The molecule has 0 aliphatic heterocycles. The topological polar surface area (TPSA) is 66.5 Å². The molecule has 0 aliphatic rings. The number of halogens is 3. The van der Waals surface area contributed by atoms with Crippen LogP contribution in [0.3, 0.4) is 0 Å². The van der Waals surface area contributed by atoms with Crippen LogP contribution in [0.5, 0.6) is 0 Å². The third-order valence-electron chi connectivity index (χ3n) is 5.51. The Bertz CT molecular complexity index is 1340. The van der Waals surface area contributed by atoms with E-state index in [1.807, 2.05) is 20.8 Å². The number of sulfonamides is 1. The van der Waals surface area contributed by atoms with E-state index >= 15 is 0 Å². The molecule has 3 rings (SSSR count). The van der Waals surface area contributed by atoms with Gasteiger partial charge >= 0.3 is 0 Å². The van der Waals surface area contributed by atoms with Crippen molar-refractivity contribution in [3.63, 3.8) is 0 Å². The third kappa shape index (κ3) is 6.62. The molecule has 0 spiro atoms. The van der Waals surface area contributed by atoms with Gasteiger partial charge in [-0.3, -0.25) is 9.10 Å². The number of hydrogen-bond donors (Lipinski definition) is 1. The Morgan fingerprint density at radius 1 is 1.03 bits per heavy atom. The summed E-state index contributed by atoms with van der Waals surface area (Å²) in [7, 11) is -4.34. The normalized spacial score (nSPS) is 12.8. The second-order valence-electron chi connectivity index (χ2n) is 9.52. The molecule has 0 radical (unpaired) electrons. The first-order valence-electron chi connectivity index (χ1n) is 11.4. The number of hydrogen-bond acceptors (Lipinski definition) is 3. The maximum atomic E-state index is 15.0. The van der Waals surface area contributed by atoms with Crippen molar-refractivity contribution >= 4 is 33.2 Å². The summed E-state index contributed by atoms with van der Waals surface area (Å²) >= 11 is 5.93. The highest BCUT2D eigenvalue weighted by Gasteiger charge is 2.33. The largest absolute Gasteiger partial charge is 0.351 e. The van der Waals surface area contributed by atoms with Crippen molar-refractivity contribution < 1.29 is 22.0 Å². The zero-order valence-electron chi connectivity index (χ0n) is 20.6. The van der Waals surface area contributed by atoms with Gasteiger partial charge in [-0.25, -0.2) is 17.2 Å². The summed E-state index contributed by atoms with van der Waals surface area (Å²) in [5.74, 6) is -1.81. The standard InChI is InChI=1S/C27H29ClF2N2O3S/c1-18(23-8-6-5-7-19(23)9-16-26(33)31-27(2,3)4)32(25-17-21(29)12-15-24(25)30)36(34,35)22-13-10-20(28)11-14-22/h5-8,10-15,17-18H,9,16H2,1-4H3,(H,31,33)/t18-/m1/s1. The molecule has 0 aromatic heterocycles. The average Bonchev–Trinajstić information content (AvgIpc) is 2.79. The lowest BCUT2D eigenvalue weighted by molar-refractivity contribution is -0.122. The van der Waals surface area contributed by atoms with Gasteiger partial charge in [0.25, 0.3) is 10.0 Å². The van der Waals surface area contributed by atoms with Crippen LogP contribution in [0, 0.1) is 11.6 Å². The predicted molar refractivity (Wildman–Crippen MR) is 139 cm³/mol. The summed E-state index contributed by atoms with van der Waals surface area (Å²) < 4.78 is 57.6. The molecule has 3 aromatic rings. The number of amides is 1. The molecule has 1 amide bonds. The Hall–Kier alpha value is -2.97. The molecule has 0 unspecified atom stereocenters. The van der Waals surface area contributed by atoms with Gasteiger partial charge < -0.3 is 5.32 Å². The minimum atomic E-state index is -4.34. The van der Waals surface area contributed by atoms with Crippen molar-refractivity contribution in [1.29, 1.82) is 0 Å². The van der Waals surface area contributed by atoms with E-state index < -0.39 is 33.4 Å². The number of nitrogens with zero attached hydrogens (tertiary/aromatic N) is 1.